The van der Waals surface area contributed by atoms with Gasteiger partial charge in [-0.1, -0.05) is 72.5 Å². The van der Waals surface area contributed by atoms with Crippen molar-refractivity contribution in [1.29, 1.82) is 5.26 Å². The highest BCUT2D eigenvalue weighted by Gasteiger charge is 2.28. The second-order valence-electron chi connectivity index (χ2n) is 7.64. The number of nitrogens with one attached hydrogen (secondary N) is 1. The van der Waals surface area contributed by atoms with Crippen LogP contribution >= 0.6 is 0 Å². The number of nitriles is 1. The summed E-state index contributed by atoms with van der Waals surface area (Å²) in [6, 6.07) is 25.1. The minimum Gasteiger partial charge on any atom is -0.449 e. The van der Waals surface area contributed by atoms with E-state index < -0.39 is 6.09 Å². The van der Waals surface area contributed by atoms with Gasteiger partial charge in [0.1, 0.15) is 6.61 Å². The zero-order chi connectivity index (χ0) is 23.0. The van der Waals surface area contributed by atoms with E-state index in [1.54, 1.807) is 24.3 Å². The third-order valence-corrected chi connectivity index (χ3v) is 5.54. The van der Waals surface area contributed by atoms with Gasteiger partial charge in [0.15, 0.2) is 5.78 Å². The van der Waals surface area contributed by atoms with Crippen LogP contribution in [0, 0.1) is 23.2 Å². The number of nitrogens with zero attached hydrogens (tertiary/aromatic N) is 1. The first-order valence-corrected chi connectivity index (χ1v) is 10.8. The molecule has 5 nitrogen and oxygen atoms in total. The summed E-state index contributed by atoms with van der Waals surface area (Å²) in [5.41, 5.74) is 6.01. The second kappa shape index (κ2) is 10.3. The summed E-state index contributed by atoms with van der Waals surface area (Å²) in [5.74, 6) is 5.82. The Morgan fingerprint density at radius 1 is 0.909 bits per heavy atom. The maximum atomic E-state index is 12.2. The standard InChI is InChI=1S/C28H22N2O3/c29-17-16-27(31)21-14-12-20(13-15-21)7-5-6-18-30-28(32)33-19-26-24-10-3-1-8-22(24)23-9-2-4-11-25(23)26/h1-4,8-15,26H,6,16,18-19H2,(H,30,32). The van der Waals surface area contributed by atoms with Gasteiger partial charge in [-0.15, -0.1) is 0 Å². The van der Waals surface area contributed by atoms with E-state index in [2.05, 4.69) is 41.4 Å². The van der Waals surface area contributed by atoms with Crippen molar-refractivity contribution in [2.45, 2.75) is 18.8 Å². The molecular formula is C28H22N2O3. The van der Waals surface area contributed by atoms with Gasteiger partial charge in [0.2, 0.25) is 0 Å². The highest BCUT2D eigenvalue weighted by molar-refractivity contribution is 5.97. The number of alkyl carbamates (subject to hydrolysis) is 1. The van der Waals surface area contributed by atoms with Crippen LogP contribution in [0.2, 0.25) is 0 Å². The van der Waals surface area contributed by atoms with E-state index in [1.807, 2.05) is 30.3 Å². The normalized spacial score (nSPS) is 11.4. The van der Waals surface area contributed by atoms with Crippen LogP contribution in [0.4, 0.5) is 4.79 Å². The smallest absolute Gasteiger partial charge is 0.407 e. The fraction of sp³-hybridized carbons (Fsp3) is 0.179. The molecule has 0 fully saturated rings. The Bertz CT molecular complexity index is 1230. The Morgan fingerprint density at radius 3 is 2.18 bits per heavy atom. The van der Waals surface area contributed by atoms with E-state index in [1.165, 1.54) is 22.3 Å². The number of amides is 1. The van der Waals surface area contributed by atoms with Gasteiger partial charge >= 0.3 is 6.09 Å². The molecule has 0 aliphatic heterocycles. The molecule has 0 saturated heterocycles. The highest BCUT2D eigenvalue weighted by atomic mass is 16.5. The van der Waals surface area contributed by atoms with Crippen molar-refractivity contribution in [2.75, 3.05) is 13.2 Å². The van der Waals surface area contributed by atoms with Crippen LogP contribution in [0.15, 0.2) is 72.8 Å². The van der Waals surface area contributed by atoms with E-state index in [0.717, 1.165) is 5.56 Å². The average Bonchev–Trinajstić information content (AvgIpc) is 3.17. The molecule has 0 saturated carbocycles. The molecule has 5 heteroatoms. The number of ketones is 1. The largest absolute Gasteiger partial charge is 0.449 e. The molecule has 0 bridgehead atoms. The van der Waals surface area contributed by atoms with E-state index in [9.17, 15) is 9.59 Å². The first-order valence-electron chi connectivity index (χ1n) is 10.8. The van der Waals surface area contributed by atoms with Gasteiger partial charge in [-0.2, -0.15) is 5.26 Å². The Morgan fingerprint density at radius 2 is 1.55 bits per heavy atom. The van der Waals surface area contributed by atoms with Crippen molar-refractivity contribution in [3.05, 3.63) is 95.1 Å². The molecule has 1 aliphatic rings. The lowest BCUT2D eigenvalue weighted by Crippen LogP contribution is -2.26. The lowest BCUT2D eigenvalue weighted by molar-refractivity contribution is 0.0997. The number of carbonyl (C=O) groups excluding carboxylic acids is 2. The van der Waals surface area contributed by atoms with Crippen molar-refractivity contribution in [2.24, 2.45) is 0 Å². The molecule has 3 aromatic rings. The average molecular weight is 434 g/mol. The van der Waals surface area contributed by atoms with Crippen LogP contribution in [0.25, 0.3) is 11.1 Å². The van der Waals surface area contributed by atoms with Crippen LogP contribution in [0.3, 0.4) is 0 Å². The first-order chi connectivity index (χ1) is 16.2. The molecule has 1 amide bonds. The van der Waals surface area contributed by atoms with Crippen LogP contribution in [-0.2, 0) is 4.74 Å². The molecule has 162 valence electrons. The fourth-order valence-electron chi connectivity index (χ4n) is 3.95. The lowest BCUT2D eigenvalue weighted by atomic mass is 9.98. The van der Waals surface area contributed by atoms with Gasteiger partial charge in [0.05, 0.1) is 12.5 Å². The molecule has 0 atom stereocenters. The first kappa shape index (κ1) is 21.9. The number of rotatable bonds is 6. The summed E-state index contributed by atoms with van der Waals surface area (Å²) in [6.45, 7) is 0.658. The second-order valence-corrected chi connectivity index (χ2v) is 7.64. The minimum absolute atomic E-state index is 0.0333. The monoisotopic (exact) mass is 434 g/mol. The molecule has 4 rings (SSSR count). The van der Waals surface area contributed by atoms with Gasteiger partial charge in [-0.25, -0.2) is 4.79 Å². The minimum atomic E-state index is -0.459. The van der Waals surface area contributed by atoms with Crippen LogP contribution in [0.1, 0.15) is 45.8 Å². The van der Waals surface area contributed by atoms with Gasteiger partial charge in [0, 0.05) is 30.0 Å². The highest BCUT2D eigenvalue weighted by Crippen LogP contribution is 2.44. The van der Waals surface area contributed by atoms with Gasteiger partial charge in [0.25, 0.3) is 0 Å². The Hall–Kier alpha value is -4.35. The maximum Gasteiger partial charge on any atom is 0.407 e. The number of carbonyl (C=O) groups is 2. The molecule has 0 unspecified atom stereocenters. The molecule has 1 aliphatic carbocycles. The Labute approximate surface area is 193 Å². The van der Waals surface area contributed by atoms with Crippen molar-refractivity contribution in [3.63, 3.8) is 0 Å². The van der Waals surface area contributed by atoms with Gasteiger partial charge < -0.3 is 10.1 Å². The van der Waals surface area contributed by atoms with Crippen LogP contribution < -0.4 is 5.32 Å². The van der Waals surface area contributed by atoms with E-state index in [-0.39, 0.29) is 24.7 Å². The molecule has 0 heterocycles. The molecular weight excluding hydrogens is 412 g/mol. The predicted octanol–water partition coefficient (Wildman–Crippen LogP) is 5.06. The van der Waals surface area contributed by atoms with Crippen molar-refractivity contribution in [1.82, 2.24) is 5.32 Å². The summed E-state index contributed by atoms with van der Waals surface area (Å²) in [7, 11) is 0. The summed E-state index contributed by atoms with van der Waals surface area (Å²) in [6.07, 6.45) is -0.120. The van der Waals surface area contributed by atoms with Crippen molar-refractivity contribution < 1.29 is 14.3 Å². The molecule has 0 aromatic heterocycles. The molecule has 3 aromatic carbocycles. The topological polar surface area (TPSA) is 79.2 Å². The Balaban J connectivity index is 1.25. The van der Waals surface area contributed by atoms with Crippen LogP contribution in [0.5, 0.6) is 0 Å². The Kier molecular flexibility index (Phi) is 6.83. The third-order valence-electron chi connectivity index (χ3n) is 5.54. The molecule has 33 heavy (non-hydrogen) atoms. The zero-order valence-corrected chi connectivity index (χ0v) is 18.0. The summed E-state index contributed by atoms with van der Waals surface area (Å²) < 4.78 is 5.51. The predicted molar refractivity (Wildman–Crippen MR) is 126 cm³/mol. The van der Waals surface area contributed by atoms with Crippen molar-refractivity contribution >= 4 is 11.9 Å². The number of Topliss-reactive ketones (excluding diaryl/α,β-unsaturated/α-hetero) is 1. The van der Waals surface area contributed by atoms with Crippen molar-refractivity contribution in [3.8, 4) is 29.0 Å². The van der Waals surface area contributed by atoms with E-state index >= 15 is 0 Å². The fourth-order valence-corrected chi connectivity index (χ4v) is 3.95. The number of fused-ring (bicyclic) bond motifs is 3. The SMILES string of the molecule is N#CCC(=O)c1ccc(C#CCCNC(=O)OCC2c3ccccc3-c3ccccc32)cc1. The van der Waals surface area contributed by atoms with Gasteiger partial charge in [-0.3, -0.25) is 4.79 Å². The maximum absolute atomic E-state index is 12.2. The molecule has 1 N–H and O–H groups in total. The third kappa shape index (κ3) is 5.11. The zero-order valence-electron chi connectivity index (χ0n) is 18.0. The molecule has 0 radical (unpaired) electrons. The molecule has 0 spiro atoms. The quantitative estimate of drug-likeness (QED) is 0.334. The number of benzene rings is 3. The van der Waals surface area contributed by atoms with Crippen LogP contribution in [-0.4, -0.2) is 25.0 Å². The summed E-state index contributed by atoms with van der Waals surface area (Å²) in [5, 5.41) is 11.3. The summed E-state index contributed by atoms with van der Waals surface area (Å²) >= 11 is 0. The number of hydrogen-bond donors (Lipinski definition) is 1. The van der Waals surface area contributed by atoms with E-state index in [4.69, 9.17) is 10.00 Å². The number of ether oxygens (including phenoxy) is 1. The lowest BCUT2D eigenvalue weighted by Gasteiger charge is -2.14. The summed E-state index contributed by atoms with van der Waals surface area (Å²) in [4.78, 5) is 23.8. The van der Waals surface area contributed by atoms with Gasteiger partial charge in [-0.05, 0) is 34.4 Å². The van der Waals surface area contributed by atoms with E-state index in [0.29, 0.717) is 18.5 Å². The number of hydrogen-bond acceptors (Lipinski definition) is 4.